The van der Waals surface area contributed by atoms with Crippen LogP contribution in [0, 0.1) is 5.92 Å². The SMILES string of the molecule is CN(Cc1ccncc1)C(=O)N1CC(C(=O)O)C1. The van der Waals surface area contributed by atoms with Crippen molar-refractivity contribution in [2.24, 2.45) is 5.92 Å². The Morgan fingerprint density at radius 1 is 1.44 bits per heavy atom. The highest BCUT2D eigenvalue weighted by Gasteiger charge is 2.36. The van der Waals surface area contributed by atoms with Crippen LogP contribution < -0.4 is 0 Å². The number of hydrogen-bond donors (Lipinski definition) is 1. The Morgan fingerprint density at radius 3 is 2.61 bits per heavy atom. The number of carboxylic acids is 1. The van der Waals surface area contributed by atoms with Crippen molar-refractivity contribution in [1.29, 1.82) is 0 Å². The fourth-order valence-electron chi connectivity index (χ4n) is 1.86. The van der Waals surface area contributed by atoms with Gasteiger partial charge >= 0.3 is 12.0 Å². The van der Waals surface area contributed by atoms with Crippen LogP contribution in [0.5, 0.6) is 0 Å². The standard InChI is InChI=1S/C12H15N3O3/c1-14(6-9-2-4-13-5-3-9)12(18)15-7-10(8-15)11(16)17/h2-5,10H,6-8H2,1H3,(H,16,17). The Balaban J connectivity index is 1.85. The van der Waals surface area contributed by atoms with Crippen molar-refractivity contribution in [3.63, 3.8) is 0 Å². The van der Waals surface area contributed by atoms with Crippen molar-refractivity contribution in [2.45, 2.75) is 6.54 Å². The Morgan fingerprint density at radius 2 is 2.06 bits per heavy atom. The van der Waals surface area contributed by atoms with Crippen LogP contribution in [-0.2, 0) is 11.3 Å². The number of likely N-dealkylation sites (tertiary alicyclic amines) is 1. The molecule has 0 saturated carbocycles. The van der Waals surface area contributed by atoms with E-state index in [4.69, 9.17) is 5.11 Å². The normalized spacial score (nSPS) is 15.1. The zero-order valence-electron chi connectivity index (χ0n) is 10.1. The molecule has 0 spiro atoms. The van der Waals surface area contributed by atoms with E-state index >= 15 is 0 Å². The zero-order chi connectivity index (χ0) is 13.1. The maximum absolute atomic E-state index is 11.9. The summed E-state index contributed by atoms with van der Waals surface area (Å²) in [6.45, 7) is 1.10. The summed E-state index contributed by atoms with van der Waals surface area (Å²) in [4.78, 5) is 29.6. The molecule has 1 N–H and O–H groups in total. The summed E-state index contributed by atoms with van der Waals surface area (Å²) < 4.78 is 0. The van der Waals surface area contributed by atoms with E-state index in [2.05, 4.69) is 4.98 Å². The highest BCUT2D eigenvalue weighted by Crippen LogP contribution is 2.17. The minimum Gasteiger partial charge on any atom is -0.481 e. The van der Waals surface area contributed by atoms with Crippen LogP contribution in [0.1, 0.15) is 5.56 Å². The maximum Gasteiger partial charge on any atom is 0.320 e. The van der Waals surface area contributed by atoms with Crippen molar-refractivity contribution >= 4 is 12.0 Å². The van der Waals surface area contributed by atoms with Gasteiger partial charge in [0, 0.05) is 39.1 Å². The van der Waals surface area contributed by atoms with E-state index in [0.717, 1.165) is 5.56 Å². The van der Waals surface area contributed by atoms with E-state index in [9.17, 15) is 9.59 Å². The molecule has 0 radical (unpaired) electrons. The molecule has 0 bridgehead atoms. The first-order valence-electron chi connectivity index (χ1n) is 5.69. The summed E-state index contributed by atoms with van der Waals surface area (Å²) in [5, 5.41) is 8.75. The molecule has 0 atom stereocenters. The lowest BCUT2D eigenvalue weighted by Gasteiger charge is -2.38. The summed E-state index contributed by atoms with van der Waals surface area (Å²) in [5.74, 6) is -1.25. The van der Waals surface area contributed by atoms with Crippen LogP contribution in [0.4, 0.5) is 4.79 Å². The fourth-order valence-corrected chi connectivity index (χ4v) is 1.86. The van der Waals surface area contributed by atoms with Gasteiger partial charge in [-0.3, -0.25) is 9.78 Å². The molecule has 1 saturated heterocycles. The molecule has 2 rings (SSSR count). The molecule has 1 aliphatic heterocycles. The molecule has 18 heavy (non-hydrogen) atoms. The first-order chi connectivity index (χ1) is 8.58. The van der Waals surface area contributed by atoms with E-state index < -0.39 is 11.9 Å². The number of urea groups is 1. The number of carbonyl (C=O) groups is 2. The van der Waals surface area contributed by atoms with Gasteiger partial charge in [0.15, 0.2) is 0 Å². The fraction of sp³-hybridized carbons (Fsp3) is 0.417. The topological polar surface area (TPSA) is 73.7 Å². The van der Waals surface area contributed by atoms with Crippen molar-refractivity contribution < 1.29 is 14.7 Å². The molecule has 0 aliphatic carbocycles. The molecule has 0 unspecified atom stereocenters. The third kappa shape index (κ3) is 2.58. The molecule has 1 aromatic heterocycles. The van der Waals surface area contributed by atoms with E-state index in [1.54, 1.807) is 29.2 Å². The van der Waals surface area contributed by atoms with Gasteiger partial charge < -0.3 is 14.9 Å². The number of carboxylic acid groups (broad SMARTS) is 1. The largest absolute Gasteiger partial charge is 0.481 e. The first kappa shape index (κ1) is 12.3. The second kappa shape index (κ2) is 5.03. The number of pyridine rings is 1. The Bertz CT molecular complexity index is 443. The van der Waals surface area contributed by atoms with Gasteiger partial charge in [0.05, 0.1) is 5.92 Å². The van der Waals surface area contributed by atoms with Crippen molar-refractivity contribution in [1.82, 2.24) is 14.8 Å². The van der Waals surface area contributed by atoms with E-state index in [-0.39, 0.29) is 6.03 Å². The van der Waals surface area contributed by atoms with Gasteiger partial charge in [-0.05, 0) is 17.7 Å². The molecule has 0 aromatic carbocycles. The average Bonchev–Trinajstić information content (AvgIpc) is 2.27. The van der Waals surface area contributed by atoms with Gasteiger partial charge in [-0.1, -0.05) is 0 Å². The molecule has 2 heterocycles. The smallest absolute Gasteiger partial charge is 0.320 e. The Hall–Kier alpha value is -2.11. The van der Waals surface area contributed by atoms with Crippen LogP contribution in [-0.4, -0.2) is 52.0 Å². The Labute approximate surface area is 105 Å². The number of rotatable bonds is 3. The van der Waals surface area contributed by atoms with Gasteiger partial charge in [-0.25, -0.2) is 4.79 Å². The molecule has 6 nitrogen and oxygen atoms in total. The number of carbonyl (C=O) groups excluding carboxylic acids is 1. The summed E-state index contributed by atoms with van der Waals surface area (Å²) in [6, 6.07) is 3.56. The molecule has 1 aromatic rings. The second-order valence-electron chi connectivity index (χ2n) is 4.43. The number of aromatic nitrogens is 1. The molecule has 6 heteroatoms. The quantitative estimate of drug-likeness (QED) is 0.853. The molecular weight excluding hydrogens is 234 g/mol. The van der Waals surface area contributed by atoms with E-state index in [1.807, 2.05) is 12.1 Å². The van der Waals surface area contributed by atoms with Crippen molar-refractivity contribution in [3.8, 4) is 0 Å². The first-order valence-corrected chi connectivity index (χ1v) is 5.69. The van der Waals surface area contributed by atoms with Gasteiger partial charge in [0.25, 0.3) is 0 Å². The predicted molar refractivity (Wildman–Crippen MR) is 63.8 cm³/mol. The third-order valence-electron chi connectivity index (χ3n) is 3.00. The summed E-state index contributed by atoms with van der Waals surface area (Å²) >= 11 is 0. The summed E-state index contributed by atoms with van der Waals surface area (Å²) in [6.07, 6.45) is 3.36. The molecular formula is C12H15N3O3. The van der Waals surface area contributed by atoms with Crippen molar-refractivity contribution in [3.05, 3.63) is 30.1 Å². The lowest BCUT2D eigenvalue weighted by atomic mass is 10.0. The van der Waals surface area contributed by atoms with Gasteiger partial charge in [-0.15, -0.1) is 0 Å². The van der Waals surface area contributed by atoms with E-state index in [0.29, 0.717) is 19.6 Å². The maximum atomic E-state index is 11.9. The van der Waals surface area contributed by atoms with Gasteiger partial charge in [-0.2, -0.15) is 0 Å². The summed E-state index contributed by atoms with van der Waals surface area (Å²) in [5.41, 5.74) is 0.996. The van der Waals surface area contributed by atoms with Crippen LogP contribution in [0.15, 0.2) is 24.5 Å². The van der Waals surface area contributed by atoms with Crippen LogP contribution in [0.2, 0.25) is 0 Å². The zero-order valence-corrected chi connectivity index (χ0v) is 10.1. The van der Waals surface area contributed by atoms with Crippen molar-refractivity contribution in [2.75, 3.05) is 20.1 Å². The average molecular weight is 249 g/mol. The highest BCUT2D eigenvalue weighted by atomic mass is 16.4. The lowest BCUT2D eigenvalue weighted by molar-refractivity contribution is -0.146. The van der Waals surface area contributed by atoms with Gasteiger partial charge in [0.2, 0.25) is 0 Å². The number of hydrogen-bond acceptors (Lipinski definition) is 3. The van der Waals surface area contributed by atoms with Crippen LogP contribution >= 0.6 is 0 Å². The third-order valence-corrected chi connectivity index (χ3v) is 3.00. The molecule has 1 aliphatic rings. The molecule has 96 valence electrons. The number of amides is 2. The minimum atomic E-state index is -0.837. The van der Waals surface area contributed by atoms with Gasteiger partial charge in [0.1, 0.15) is 0 Å². The van der Waals surface area contributed by atoms with E-state index in [1.165, 1.54) is 0 Å². The predicted octanol–water partition coefficient (Wildman–Crippen LogP) is 0.650. The monoisotopic (exact) mass is 249 g/mol. The van der Waals surface area contributed by atoms with Crippen LogP contribution in [0.3, 0.4) is 0 Å². The molecule has 2 amide bonds. The van der Waals surface area contributed by atoms with Crippen LogP contribution in [0.25, 0.3) is 0 Å². The summed E-state index contributed by atoms with van der Waals surface area (Å²) in [7, 11) is 1.71. The Kier molecular flexibility index (Phi) is 3.45. The molecule has 1 fully saturated rings. The number of aliphatic carboxylic acids is 1. The minimum absolute atomic E-state index is 0.135. The lowest BCUT2D eigenvalue weighted by Crippen LogP contribution is -2.56. The number of nitrogens with zero attached hydrogens (tertiary/aromatic N) is 3. The highest BCUT2D eigenvalue weighted by molar-refractivity contribution is 5.79. The second-order valence-corrected chi connectivity index (χ2v) is 4.43.